The summed E-state index contributed by atoms with van der Waals surface area (Å²) in [6.45, 7) is 0. The number of nitrogens with one attached hydrogen (secondary N) is 2. The number of carboxylic acids is 1. The molecular formula is C23H20Cl2FN3O5S. The Balaban J connectivity index is 1.86. The van der Waals surface area contributed by atoms with Crippen molar-refractivity contribution in [2.75, 3.05) is 0 Å². The molecule has 0 aliphatic heterocycles. The van der Waals surface area contributed by atoms with Crippen molar-refractivity contribution in [2.45, 2.75) is 29.8 Å². The summed E-state index contributed by atoms with van der Waals surface area (Å²) in [7, 11) is -4.29. The predicted molar refractivity (Wildman–Crippen MR) is 128 cm³/mol. The van der Waals surface area contributed by atoms with Gasteiger partial charge in [0.2, 0.25) is 15.9 Å². The first-order valence-corrected chi connectivity index (χ1v) is 12.4. The highest BCUT2D eigenvalue weighted by Crippen LogP contribution is 2.22. The molecule has 3 N–H and O–H groups in total. The van der Waals surface area contributed by atoms with Crippen LogP contribution in [0.5, 0.6) is 0 Å². The number of pyridine rings is 1. The second-order valence-electron chi connectivity index (χ2n) is 7.53. The highest BCUT2D eigenvalue weighted by atomic mass is 35.5. The average Bonchev–Trinajstić information content (AvgIpc) is 2.79. The molecule has 1 aromatic heterocycles. The van der Waals surface area contributed by atoms with Gasteiger partial charge in [-0.2, -0.15) is 4.72 Å². The zero-order valence-electron chi connectivity index (χ0n) is 18.0. The Bertz CT molecular complexity index is 1290. The van der Waals surface area contributed by atoms with Crippen molar-refractivity contribution in [2.24, 2.45) is 0 Å². The molecule has 2 atom stereocenters. The number of sulfonamides is 1. The molecule has 0 saturated carbocycles. The lowest BCUT2D eigenvalue weighted by molar-refractivity contribution is -0.142. The van der Waals surface area contributed by atoms with E-state index in [0.29, 0.717) is 11.3 Å². The summed E-state index contributed by atoms with van der Waals surface area (Å²) >= 11 is 11.8. The van der Waals surface area contributed by atoms with Gasteiger partial charge in [0.05, 0.1) is 4.90 Å². The molecule has 0 fully saturated rings. The Labute approximate surface area is 211 Å². The summed E-state index contributed by atoms with van der Waals surface area (Å²) in [4.78, 5) is 28.8. The highest BCUT2D eigenvalue weighted by Gasteiger charge is 2.30. The molecule has 0 aliphatic rings. The minimum atomic E-state index is -4.29. The molecule has 184 valence electrons. The summed E-state index contributed by atoms with van der Waals surface area (Å²) < 4.78 is 41.5. The molecule has 1 amide bonds. The van der Waals surface area contributed by atoms with Crippen molar-refractivity contribution in [3.63, 3.8) is 0 Å². The number of rotatable bonds is 10. The van der Waals surface area contributed by atoms with E-state index in [9.17, 15) is 27.5 Å². The van der Waals surface area contributed by atoms with Crippen molar-refractivity contribution in [3.8, 4) is 0 Å². The van der Waals surface area contributed by atoms with Gasteiger partial charge in [0.15, 0.2) is 0 Å². The molecule has 0 aliphatic carbocycles. The number of hydrogen-bond acceptors (Lipinski definition) is 5. The Morgan fingerprint density at radius 1 is 0.971 bits per heavy atom. The number of hydrogen-bond donors (Lipinski definition) is 3. The minimum Gasteiger partial charge on any atom is -0.480 e. The number of carbonyl (C=O) groups excluding carboxylic acids is 1. The fourth-order valence-electron chi connectivity index (χ4n) is 3.18. The van der Waals surface area contributed by atoms with Crippen LogP contribution in [-0.2, 0) is 32.5 Å². The lowest BCUT2D eigenvalue weighted by Gasteiger charge is -2.21. The van der Waals surface area contributed by atoms with E-state index in [1.807, 2.05) is 0 Å². The molecule has 0 spiro atoms. The standard InChI is InChI=1S/C23H20Cl2FN3O5S/c24-15-10-16(25)12-19(11-15)35(33,34)29-20(13-18-3-1-2-8-27-18)22(30)28-21(23(31)32)9-14-4-6-17(26)7-5-14/h1-8,10-12,20-21,29H,9,13H2,(H,28,30)(H,31,32)/t20-,21-/m0/s1. The van der Waals surface area contributed by atoms with E-state index >= 15 is 0 Å². The topological polar surface area (TPSA) is 125 Å². The van der Waals surface area contributed by atoms with E-state index in [2.05, 4.69) is 15.0 Å². The Morgan fingerprint density at radius 3 is 2.20 bits per heavy atom. The van der Waals surface area contributed by atoms with Gasteiger partial charge in [-0.1, -0.05) is 41.4 Å². The third kappa shape index (κ3) is 7.72. The van der Waals surface area contributed by atoms with Gasteiger partial charge in [0.1, 0.15) is 17.9 Å². The van der Waals surface area contributed by atoms with Crippen LogP contribution in [0.15, 0.2) is 71.8 Å². The molecule has 0 saturated heterocycles. The number of carbonyl (C=O) groups is 2. The Hall–Kier alpha value is -3.05. The molecule has 12 heteroatoms. The fourth-order valence-corrected chi connectivity index (χ4v) is 5.10. The maximum atomic E-state index is 13.2. The van der Waals surface area contributed by atoms with Crippen LogP contribution in [0.25, 0.3) is 0 Å². The number of aromatic nitrogens is 1. The largest absolute Gasteiger partial charge is 0.480 e. The van der Waals surface area contributed by atoms with Gasteiger partial charge in [-0.05, 0) is 48.0 Å². The van der Waals surface area contributed by atoms with Gasteiger partial charge in [-0.15, -0.1) is 0 Å². The maximum absolute atomic E-state index is 13.2. The number of carboxylic acid groups (broad SMARTS) is 1. The zero-order chi connectivity index (χ0) is 25.6. The third-order valence-electron chi connectivity index (χ3n) is 4.87. The SMILES string of the molecule is O=C(O)[C@H](Cc1ccc(F)cc1)NC(=O)[C@H](Cc1ccccn1)NS(=O)(=O)c1cc(Cl)cc(Cl)c1. The minimum absolute atomic E-state index is 0.0776. The molecule has 0 radical (unpaired) electrons. The molecule has 3 rings (SSSR count). The molecule has 3 aromatic rings. The molecule has 0 bridgehead atoms. The van der Waals surface area contributed by atoms with Crippen LogP contribution in [0.2, 0.25) is 10.0 Å². The van der Waals surface area contributed by atoms with E-state index in [-0.39, 0.29) is 27.8 Å². The zero-order valence-corrected chi connectivity index (χ0v) is 20.3. The van der Waals surface area contributed by atoms with Crippen LogP contribution in [0.1, 0.15) is 11.3 Å². The first-order chi connectivity index (χ1) is 16.5. The number of amides is 1. The maximum Gasteiger partial charge on any atom is 0.326 e. The van der Waals surface area contributed by atoms with Gasteiger partial charge in [0, 0.05) is 34.8 Å². The second-order valence-corrected chi connectivity index (χ2v) is 10.1. The van der Waals surface area contributed by atoms with Gasteiger partial charge in [-0.3, -0.25) is 9.78 Å². The molecule has 0 unspecified atom stereocenters. The number of benzene rings is 2. The lowest BCUT2D eigenvalue weighted by Crippen LogP contribution is -2.53. The molecule has 1 heterocycles. The normalized spacial score (nSPS) is 13.1. The van der Waals surface area contributed by atoms with Crippen LogP contribution >= 0.6 is 23.2 Å². The van der Waals surface area contributed by atoms with Crippen molar-refractivity contribution in [3.05, 3.63) is 94.0 Å². The van der Waals surface area contributed by atoms with Gasteiger partial charge >= 0.3 is 5.97 Å². The number of nitrogens with zero attached hydrogens (tertiary/aromatic N) is 1. The van der Waals surface area contributed by atoms with Crippen LogP contribution in [0.4, 0.5) is 4.39 Å². The predicted octanol–water partition coefficient (Wildman–Crippen LogP) is 3.23. The summed E-state index contributed by atoms with van der Waals surface area (Å²) in [6, 6.07) is 10.9. The van der Waals surface area contributed by atoms with E-state index in [0.717, 1.165) is 0 Å². The average molecular weight is 540 g/mol. The highest BCUT2D eigenvalue weighted by molar-refractivity contribution is 7.89. The molecule has 2 aromatic carbocycles. The fraction of sp³-hybridized carbons (Fsp3) is 0.174. The number of halogens is 3. The Morgan fingerprint density at radius 2 is 1.63 bits per heavy atom. The van der Waals surface area contributed by atoms with Gasteiger partial charge in [-0.25, -0.2) is 17.6 Å². The summed E-state index contributed by atoms with van der Waals surface area (Å²) in [5, 5.41) is 12.1. The van der Waals surface area contributed by atoms with Gasteiger partial charge < -0.3 is 10.4 Å². The van der Waals surface area contributed by atoms with Gasteiger partial charge in [0.25, 0.3) is 0 Å². The summed E-state index contributed by atoms with van der Waals surface area (Å²) in [5.74, 6) is -2.72. The van der Waals surface area contributed by atoms with Crippen molar-refractivity contribution >= 4 is 45.1 Å². The molecule has 8 nitrogen and oxygen atoms in total. The van der Waals surface area contributed by atoms with E-state index < -0.39 is 39.8 Å². The lowest BCUT2D eigenvalue weighted by atomic mass is 10.0. The van der Waals surface area contributed by atoms with Crippen LogP contribution < -0.4 is 10.0 Å². The molecular weight excluding hydrogens is 520 g/mol. The monoisotopic (exact) mass is 539 g/mol. The van der Waals surface area contributed by atoms with Crippen molar-refractivity contribution in [1.82, 2.24) is 15.0 Å². The van der Waals surface area contributed by atoms with Crippen LogP contribution in [0, 0.1) is 5.82 Å². The Kier molecular flexibility index (Phi) is 8.79. The van der Waals surface area contributed by atoms with Crippen molar-refractivity contribution < 1.29 is 27.5 Å². The number of aliphatic carboxylic acids is 1. The van der Waals surface area contributed by atoms with Crippen LogP contribution in [0.3, 0.4) is 0 Å². The van der Waals surface area contributed by atoms with E-state index in [4.69, 9.17) is 23.2 Å². The first-order valence-electron chi connectivity index (χ1n) is 10.2. The third-order valence-corrected chi connectivity index (χ3v) is 6.75. The van der Waals surface area contributed by atoms with E-state index in [1.54, 1.807) is 18.2 Å². The summed E-state index contributed by atoms with van der Waals surface area (Å²) in [5.41, 5.74) is 0.861. The smallest absolute Gasteiger partial charge is 0.326 e. The first kappa shape index (κ1) is 26.6. The van der Waals surface area contributed by atoms with Crippen LogP contribution in [-0.4, -0.2) is 42.5 Å². The quantitative estimate of drug-likeness (QED) is 0.363. The summed E-state index contributed by atoms with van der Waals surface area (Å²) in [6.07, 6.45) is 1.17. The van der Waals surface area contributed by atoms with E-state index in [1.165, 1.54) is 48.7 Å². The van der Waals surface area contributed by atoms with Crippen molar-refractivity contribution in [1.29, 1.82) is 0 Å². The molecule has 35 heavy (non-hydrogen) atoms. The second kappa shape index (κ2) is 11.6.